The number of aromatic hydroxyl groups is 1. The van der Waals surface area contributed by atoms with Crippen LogP contribution in [0.25, 0.3) is 0 Å². The van der Waals surface area contributed by atoms with Gasteiger partial charge in [0.15, 0.2) is 5.82 Å². The number of rotatable bonds is 6. The third kappa shape index (κ3) is 5.51. The highest BCUT2D eigenvalue weighted by Gasteiger charge is 2.52. The quantitative estimate of drug-likeness (QED) is 0.225. The van der Waals surface area contributed by atoms with E-state index in [0.29, 0.717) is 24.1 Å². The Morgan fingerprint density at radius 2 is 2.11 bits per heavy atom. The van der Waals surface area contributed by atoms with Gasteiger partial charge in [0.1, 0.15) is 23.2 Å². The number of nitrogens with zero attached hydrogens (tertiary/aromatic N) is 3. The minimum atomic E-state index is -1.30. The van der Waals surface area contributed by atoms with E-state index in [4.69, 9.17) is 15.0 Å². The molecule has 16 heteroatoms. The molecule has 242 valence electrons. The molecule has 1 aliphatic carbocycles. The predicted molar refractivity (Wildman–Crippen MR) is 160 cm³/mol. The lowest BCUT2D eigenvalue weighted by molar-refractivity contribution is -0.155. The van der Waals surface area contributed by atoms with Gasteiger partial charge in [-0.1, -0.05) is 18.2 Å². The summed E-state index contributed by atoms with van der Waals surface area (Å²) in [7, 11) is -0.951. The number of urea groups is 1. The average Bonchev–Trinajstić information content (AvgIpc) is 2.99. The van der Waals surface area contributed by atoms with Crippen LogP contribution < -0.4 is 21.0 Å². The van der Waals surface area contributed by atoms with E-state index >= 15 is 4.39 Å². The number of hydrogen-bond donors (Lipinski definition) is 5. The van der Waals surface area contributed by atoms with Gasteiger partial charge in [-0.25, -0.2) is 14.0 Å². The number of pyridine rings is 1. The monoisotopic (exact) mass is 636 g/mol. The Labute approximate surface area is 263 Å². The van der Waals surface area contributed by atoms with Gasteiger partial charge >= 0.3 is 30.9 Å². The average molecular weight is 636 g/mol. The third-order valence-corrected chi connectivity index (χ3v) is 9.12. The second-order valence-electron chi connectivity index (χ2n) is 12.2. The molecule has 6 N–H and O–H groups in total. The molecule has 5 atom stereocenters. The van der Waals surface area contributed by atoms with E-state index in [0.717, 1.165) is 17.2 Å². The zero-order chi connectivity index (χ0) is 32.9. The smallest absolute Gasteiger partial charge is 0.534 e. The van der Waals surface area contributed by atoms with Gasteiger partial charge in [0.05, 0.1) is 29.3 Å². The highest BCUT2D eigenvalue weighted by atomic mass is 19.1. The van der Waals surface area contributed by atoms with Crippen LogP contribution in [0.3, 0.4) is 0 Å². The number of para-hydroxylation sites is 1. The number of aromatic carboxylic acids is 1. The molecule has 1 saturated carbocycles. The standard InChI is InChI=1S/C30H34BFN6O8/c1-15-14-37(9-8-33)26(40)27(41)38(15)29(44)36-24(23-20(32)12-18(39)13-34-23)21-11-17-6-7-30(17,2)46-31-22(35-21)10-16-4-3-5-19(28(42)43)25(16)45-31/h3-5,11-13,15,17,22,24,35,39H,6-10,14,33H2,1-2H3,(H,36,44)(H,42,43)/b21-11-/t15-,17?,22-,24?,30?/m0/s1. The zero-order valence-electron chi connectivity index (χ0n) is 25.2. The first-order chi connectivity index (χ1) is 21.9. The summed E-state index contributed by atoms with van der Waals surface area (Å²) in [6, 6.07) is 2.70. The van der Waals surface area contributed by atoms with Crippen molar-refractivity contribution >= 4 is 30.9 Å². The van der Waals surface area contributed by atoms with E-state index in [9.17, 15) is 29.4 Å². The van der Waals surface area contributed by atoms with Crippen LogP contribution in [0.2, 0.25) is 0 Å². The van der Waals surface area contributed by atoms with Gasteiger partial charge in [-0.2, -0.15) is 0 Å². The van der Waals surface area contributed by atoms with Crippen LogP contribution in [-0.2, 0) is 20.7 Å². The molecule has 4 amide bonds. The van der Waals surface area contributed by atoms with Crippen LogP contribution >= 0.6 is 0 Å². The van der Waals surface area contributed by atoms with Crippen LogP contribution in [-0.4, -0.2) is 93.1 Å². The number of carbonyl (C=O) groups excluding carboxylic acids is 3. The van der Waals surface area contributed by atoms with E-state index in [1.54, 1.807) is 19.1 Å². The number of nitrogens with two attached hydrogens (primary N) is 1. The van der Waals surface area contributed by atoms with E-state index < -0.39 is 66.1 Å². The number of carbonyl (C=O) groups is 4. The third-order valence-electron chi connectivity index (χ3n) is 9.12. The number of halogens is 1. The number of hydrogen-bond acceptors (Lipinski definition) is 10. The molecular weight excluding hydrogens is 602 g/mol. The Bertz CT molecular complexity index is 1640. The predicted octanol–water partition coefficient (Wildman–Crippen LogP) is 1.10. The Hall–Kier alpha value is -4.70. The van der Waals surface area contributed by atoms with Crippen LogP contribution in [0.5, 0.6) is 11.5 Å². The van der Waals surface area contributed by atoms with E-state index in [2.05, 4.69) is 15.6 Å². The highest BCUT2D eigenvalue weighted by Crippen LogP contribution is 2.46. The lowest BCUT2D eigenvalue weighted by Crippen LogP contribution is -2.64. The maximum atomic E-state index is 15.5. The van der Waals surface area contributed by atoms with E-state index in [1.165, 1.54) is 11.0 Å². The first kappa shape index (κ1) is 31.3. The van der Waals surface area contributed by atoms with Crippen molar-refractivity contribution in [3.8, 4) is 11.5 Å². The molecule has 6 rings (SSSR count). The highest BCUT2D eigenvalue weighted by molar-refractivity contribution is 6.48. The number of benzene rings is 1. The second-order valence-corrected chi connectivity index (χ2v) is 12.2. The SMILES string of the molecule is C[C@H]1CN(CCN)C(=O)C(=O)N1C(=O)NC(/C1=C/C2CCC2(C)OB2Oc3c(cccc3C(=O)O)C[C@@H]2N1)c1ncc(O)cc1F. The molecular formula is C30H34BFN6O8. The number of fused-ring (bicyclic) bond motifs is 3. The summed E-state index contributed by atoms with van der Waals surface area (Å²) in [5.74, 6) is -5.07. The molecule has 1 aromatic carbocycles. The van der Waals surface area contributed by atoms with Gasteiger partial charge in [0, 0.05) is 37.3 Å². The van der Waals surface area contributed by atoms with Crippen molar-refractivity contribution in [1.82, 2.24) is 25.4 Å². The first-order valence-corrected chi connectivity index (χ1v) is 15.1. The Morgan fingerprint density at radius 1 is 1.33 bits per heavy atom. The molecule has 0 spiro atoms. The Morgan fingerprint density at radius 3 is 2.78 bits per heavy atom. The number of nitrogens with one attached hydrogen (secondary N) is 2. The molecule has 0 bridgehead atoms. The van der Waals surface area contributed by atoms with Crippen molar-refractivity contribution in [3.05, 3.63) is 64.9 Å². The number of imide groups is 1. The fourth-order valence-corrected chi connectivity index (χ4v) is 6.56. The molecule has 0 radical (unpaired) electrons. The second kappa shape index (κ2) is 11.9. The van der Waals surface area contributed by atoms with Crippen molar-refractivity contribution in [2.75, 3.05) is 19.6 Å². The fraction of sp³-hybridized carbons (Fsp3) is 0.433. The maximum absolute atomic E-state index is 15.5. The number of carboxylic acids is 1. The molecule has 46 heavy (non-hydrogen) atoms. The molecule has 4 heterocycles. The number of amides is 4. The van der Waals surface area contributed by atoms with Crippen molar-refractivity contribution in [2.45, 2.75) is 56.7 Å². The molecule has 4 aliphatic rings. The van der Waals surface area contributed by atoms with Crippen LogP contribution in [0.1, 0.15) is 54.3 Å². The summed E-state index contributed by atoms with van der Waals surface area (Å²) < 4.78 is 28.2. The number of carboxylic acid groups (broad SMARTS) is 1. The summed E-state index contributed by atoms with van der Waals surface area (Å²) in [6.45, 7) is 3.88. The summed E-state index contributed by atoms with van der Waals surface area (Å²) >= 11 is 0. The van der Waals surface area contributed by atoms with Crippen LogP contribution in [0.4, 0.5) is 9.18 Å². The largest absolute Gasteiger partial charge is 0.550 e. The van der Waals surface area contributed by atoms with Crippen molar-refractivity contribution in [2.24, 2.45) is 11.7 Å². The molecule has 3 aliphatic heterocycles. The summed E-state index contributed by atoms with van der Waals surface area (Å²) in [6.07, 6.45) is 4.48. The molecule has 3 unspecified atom stereocenters. The lowest BCUT2D eigenvalue weighted by atomic mass is 9.64. The Kier molecular flexibility index (Phi) is 8.10. The minimum Gasteiger partial charge on any atom is -0.534 e. The summed E-state index contributed by atoms with van der Waals surface area (Å²) in [5.41, 5.74) is 5.54. The first-order valence-electron chi connectivity index (χ1n) is 15.1. The molecule has 1 aromatic heterocycles. The van der Waals surface area contributed by atoms with Gasteiger partial charge in [0.2, 0.25) is 0 Å². The molecule has 1 saturated heterocycles. The van der Waals surface area contributed by atoms with Crippen LogP contribution in [0.15, 0.2) is 42.2 Å². The molecule has 14 nitrogen and oxygen atoms in total. The lowest BCUT2D eigenvalue weighted by Gasteiger charge is -2.50. The number of aromatic nitrogens is 1. The van der Waals surface area contributed by atoms with Crippen molar-refractivity contribution in [1.29, 1.82) is 0 Å². The topological polar surface area (TPSA) is 197 Å². The molecule has 2 fully saturated rings. The summed E-state index contributed by atoms with van der Waals surface area (Å²) in [4.78, 5) is 57.8. The number of piperazine rings is 1. The Balaban J connectivity index is 1.38. The minimum absolute atomic E-state index is 0.00640. The van der Waals surface area contributed by atoms with Gasteiger partial charge < -0.3 is 40.8 Å². The van der Waals surface area contributed by atoms with Crippen LogP contribution in [0, 0.1) is 11.7 Å². The van der Waals surface area contributed by atoms with Gasteiger partial charge in [0.25, 0.3) is 0 Å². The fourth-order valence-electron chi connectivity index (χ4n) is 6.56. The van der Waals surface area contributed by atoms with E-state index in [-0.39, 0.29) is 49.0 Å². The van der Waals surface area contributed by atoms with Crippen molar-refractivity contribution < 1.29 is 43.1 Å². The zero-order valence-corrected chi connectivity index (χ0v) is 25.2. The van der Waals surface area contributed by atoms with E-state index in [1.807, 2.05) is 13.0 Å². The normalized spacial score (nSPS) is 27.3. The van der Waals surface area contributed by atoms with Gasteiger partial charge in [-0.05, 0) is 44.7 Å². The molecule has 2 aromatic rings. The van der Waals surface area contributed by atoms with Gasteiger partial charge in [-0.3, -0.25) is 19.5 Å². The maximum Gasteiger partial charge on any atom is 0.550 e. The summed E-state index contributed by atoms with van der Waals surface area (Å²) in [5, 5.41) is 25.7. The van der Waals surface area contributed by atoms with Gasteiger partial charge in [-0.15, -0.1) is 0 Å². The van der Waals surface area contributed by atoms with Crippen molar-refractivity contribution in [3.63, 3.8) is 0 Å².